The number of aromatic amines is 2. The third-order valence-electron chi connectivity index (χ3n) is 5.44. The van der Waals surface area contributed by atoms with E-state index >= 15 is 0 Å². The number of hydrogen-bond acceptors (Lipinski definition) is 5. The Balaban J connectivity index is 1.35. The van der Waals surface area contributed by atoms with Gasteiger partial charge in [0.05, 0.1) is 11.0 Å². The zero-order chi connectivity index (χ0) is 20.2. The van der Waals surface area contributed by atoms with Gasteiger partial charge in [0.2, 0.25) is 5.91 Å². The number of benzene rings is 1. The molecule has 4 N–H and O–H groups in total. The normalized spacial score (nSPS) is 20.9. The average Bonchev–Trinajstić information content (AvgIpc) is 3.35. The van der Waals surface area contributed by atoms with Gasteiger partial charge in [-0.25, -0.2) is 9.59 Å². The molecule has 1 atom stereocenters. The lowest BCUT2D eigenvalue weighted by Crippen LogP contribution is -2.46. The number of hydrogen-bond donors (Lipinski definition) is 4. The molecule has 148 valence electrons. The molecule has 2 aromatic heterocycles. The van der Waals surface area contributed by atoms with Crippen LogP contribution >= 0.6 is 11.3 Å². The van der Waals surface area contributed by atoms with Gasteiger partial charge in [0.15, 0.2) is 0 Å². The molecular formula is C19H17N5O4S. The number of aryl methyl sites for hydroxylation is 1. The fourth-order valence-corrected chi connectivity index (χ4v) is 5.14. The van der Waals surface area contributed by atoms with Crippen molar-refractivity contribution in [3.8, 4) is 0 Å². The van der Waals surface area contributed by atoms with Crippen molar-refractivity contribution in [2.24, 2.45) is 0 Å². The van der Waals surface area contributed by atoms with Crippen LogP contribution in [0.4, 0.5) is 10.5 Å². The Labute approximate surface area is 168 Å². The molecule has 10 heteroatoms. The third-order valence-corrected chi connectivity index (χ3v) is 6.42. The maximum absolute atomic E-state index is 13.1. The molecule has 0 radical (unpaired) electrons. The number of thiophene rings is 1. The standard InChI is InChI=1S/C19H17N5O4S/c25-15(20-10-3-4-12-13(8-10)22-17(27)21-12)9-24-16(26)19(23-18(24)28)6-1-2-14-11(19)5-7-29-14/h3-5,7-8H,1-2,6,9H2,(H,20,25)(H,23,28)(H2,21,22,27). The number of fused-ring (bicyclic) bond motifs is 3. The van der Waals surface area contributed by atoms with Crippen LogP contribution in [-0.4, -0.2) is 39.3 Å². The van der Waals surface area contributed by atoms with Crippen molar-refractivity contribution in [2.75, 3.05) is 11.9 Å². The second kappa shape index (κ2) is 6.31. The van der Waals surface area contributed by atoms with E-state index in [1.807, 2.05) is 11.4 Å². The summed E-state index contributed by atoms with van der Waals surface area (Å²) in [6.45, 7) is -0.381. The third kappa shape index (κ3) is 2.75. The molecule has 1 unspecified atom stereocenters. The van der Waals surface area contributed by atoms with Crippen LogP contribution in [0.25, 0.3) is 11.0 Å². The van der Waals surface area contributed by atoms with Crippen LogP contribution in [0.1, 0.15) is 23.3 Å². The Morgan fingerprint density at radius 3 is 2.86 bits per heavy atom. The molecule has 4 amide bonds. The molecular weight excluding hydrogens is 394 g/mol. The van der Waals surface area contributed by atoms with Gasteiger partial charge in [-0.2, -0.15) is 0 Å². The summed E-state index contributed by atoms with van der Waals surface area (Å²) in [7, 11) is 0. The highest BCUT2D eigenvalue weighted by Gasteiger charge is 2.54. The monoisotopic (exact) mass is 411 g/mol. The lowest BCUT2D eigenvalue weighted by molar-refractivity contribution is -0.134. The molecule has 1 fully saturated rings. The molecule has 3 aromatic rings. The molecule has 29 heavy (non-hydrogen) atoms. The number of carbonyl (C=O) groups excluding carboxylic acids is 3. The molecule has 1 aliphatic carbocycles. The number of nitrogens with zero attached hydrogens (tertiary/aromatic N) is 1. The van der Waals surface area contributed by atoms with Crippen molar-refractivity contribution in [1.82, 2.24) is 20.2 Å². The van der Waals surface area contributed by atoms with Gasteiger partial charge in [0.25, 0.3) is 5.91 Å². The smallest absolute Gasteiger partial charge is 0.324 e. The Bertz CT molecular complexity index is 1220. The van der Waals surface area contributed by atoms with Crippen molar-refractivity contribution in [3.05, 3.63) is 50.6 Å². The van der Waals surface area contributed by atoms with Crippen molar-refractivity contribution < 1.29 is 14.4 Å². The molecule has 1 spiro atoms. The summed E-state index contributed by atoms with van der Waals surface area (Å²) in [5, 5.41) is 7.42. The van der Waals surface area contributed by atoms with Gasteiger partial charge < -0.3 is 20.6 Å². The summed E-state index contributed by atoms with van der Waals surface area (Å²) in [5.74, 6) is -0.883. The van der Waals surface area contributed by atoms with Gasteiger partial charge in [0.1, 0.15) is 12.1 Å². The molecule has 1 aliphatic heterocycles. The van der Waals surface area contributed by atoms with E-state index in [0.29, 0.717) is 23.1 Å². The van der Waals surface area contributed by atoms with E-state index in [-0.39, 0.29) is 18.1 Å². The molecule has 5 rings (SSSR count). The highest BCUT2D eigenvalue weighted by molar-refractivity contribution is 7.10. The second-order valence-corrected chi connectivity index (χ2v) is 8.23. The van der Waals surface area contributed by atoms with E-state index in [0.717, 1.165) is 28.2 Å². The van der Waals surface area contributed by atoms with Gasteiger partial charge in [0, 0.05) is 16.1 Å². The lowest BCUT2D eigenvalue weighted by Gasteiger charge is -2.31. The van der Waals surface area contributed by atoms with E-state index < -0.39 is 17.5 Å². The molecule has 0 bridgehead atoms. The van der Waals surface area contributed by atoms with Crippen LogP contribution in [0, 0.1) is 0 Å². The number of carbonyl (C=O) groups is 3. The number of amides is 4. The van der Waals surface area contributed by atoms with Gasteiger partial charge in [-0.05, 0) is 48.9 Å². The van der Waals surface area contributed by atoms with Crippen LogP contribution in [0.5, 0.6) is 0 Å². The first-order valence-corrected chi connectivity index (χ1v) is 10.1. The Morgan fingerprint density at radius 2 is 2.00 bits per heavy atom. The highest BCUT2D eigenvalue weighted by Crippen LogP contribution is 2.42. The van der Waals surface area contributed by atoms with E-state index in [2.05, 4.69) is 20.6 Å². The number of rotatable bonds is 3. The Kier molecular flexibility index (Phi) is 3.85. The summed E-state index contributed by atoms with van der Waals surface area (Å²) >= 11 is 1.58. The van der Waals surface area contributed by atoms with E-state index in [4.69, 9.17) is 0 Å². The molecule has 1 aromatic carbocycles. The van der Waals surface area contributed by atoms with Gasteiger partial charge >= 0.3 is 11.7 Å². The van der Waals surface area contributed by atoms with E-state index in [9.17, 15) is 19.2 Å². The van der Waals surface area contributed by atoms with Crippen LogP contribution in [0.3, 0.4) is 0 Å². The minimum atomic E-state index is -1.06. The van der Waals surface area contributed by atoms with Crippen LogP contribution in [0.15, 0.2) is 34.4 Å². The van der Waals surface area contributed by atoms with Gasteiger partial charge in [-0.1, -0.05) is 0 Å². The van der Waals surface area contributed by atoms with Gasteiger partial charge in [-0.3, -0.25) is 14.5 Å². The minimum absolute atomic E-state index is 0.339. The number of imide groups is 1. The number of urea groups is 1. The van der Waals surface area contributed by atoms with Crippen LogP contribution < -0.4 is 16.3 Å². The second-order valence-electron chi connectivity index (χ2n) is 7.23. The summed E-state index contributed by atoms with van der Waals surface area (Å²) in [6.07, 6.45) is 2.22. The number of anilines is 1. The zero-order valence-corrected chi connectivity index (χ0v) is 16.0. The van der Waals surface area contributed by atoms with Crippen LogP contribution in [0.2, 0.25) is 0 Å². The molecule has 3 heterocycles. The SMILES string of the molecule is O=C(CN1C(=O)NC2(CCCc3sccc32)C1=O)Nc1ccc2[nH]c(=O)[nH]c2c1. The first-order chi connectivity index (χ1) is 14.0. The maximum Gasteiger partial charge on any atom is 0.325 e. The molecule has 2 aliphatic rings. The summed E-state index contributed by atoms with van der Waals surface area (Å²) in [4.78, 5) is 56.8. The maximum atomic E-state index is 13.1. The largest absolute Gasteiger partial charge is 0.325 e. The average molecular weight is 411 g/mol. The first kappa shape index (κ1) is 17.7. The molecule has 9 nitrogen and oxygen atoms in total. The molecule has 1 saturated heterocycles. The fraction of sp³-hybridized carbons (Fsp3) is 0.263. The fourth-order valence-electron chi connectivity index (χ4n) is 4.14. The Hall–Kier alpha value is -3.40. The first-order valence-electron chi connectivity index (χ1n) is 9.19. The topological polar surface area (TPSA) is 127 Å². The minimum Gasteiger partial charge on any atom is -0.324 e. The summed E-state index contributed by atoms with van der Waals surface area (Å²) in [6, 6.07) is 6.22. The van der Waals surface area contributed by atoms with E-state index in [1.54, 1.807) is 29.5 Å². The number of aromatic nitrogens is 2. The van der Waals surface area contributed by atoms with Crippen LogP contribution in [-0.2, 0) is 21.5 Å². The number of H-pyrrole nitrogens is 2. The van der Waals surface area contributed by atoms with Crippen molar-refractivity contribution in [1.29, 1.82) is 0 Å². The highest BCUT2D eigenvalue weighted by atomic mass is 32.1. The predicted octanol–water partition coefficient (Wildman–Crippen LogP) is 1.64. The summed E-state index contributed by atoms with van der Waals surface area (Å²) in [5.41, 5.74) is 1.07. The van der Waals surface area contributed by atoms with Gasteiger partial charge in [-0.15, -0.1) is 11.3 Å². The van der Waals surface area contributed by atoms with Crippen molar-refractivity contribution in [2.45, 2.75) is 24.8 Å². The van der Waals surface area contributed by atoms with Crippen molar-refractivity contribution >= 4 is 45.9 Å². The zero-order valence-electron chi connectivity index (χ0n) is 15.2. The quantitative estimate of drug-likeness (QED) is 0.489. The summed E-state index contributed by atoms with van der Waals surface area (Å²) < 4.78 is 0. The molecule has 0 saturated carbocycles. The van der Waals surface area contributed by atoms with Crippen molar-refractivity contribution in [3.63, 3.8) is 0 Å². The lowest BCUT2D eigenvalue weighted by atomic mass is 9.80. The Morgan fingerprint density at radius 1 is 1.17 bits per heavy atom. The predicted molar refractivity (Wildman–Crippen MR) is 107 cm³/mol. The number of imidazole rings is 1. The van der Waals surface area contributed by atoms with E-state index in [1.165, 1.54) is 0 Å². The number of nitrogens with one attached hydrogen (secondary N) is 4.